The molecule has 0 fully saturated rings. The van der Waals surface area contributed by atoms with Gasteiger partial charge in [-0.1, -0.05) is 54.1 Å². The van der Waals surface area contributed by atoms with Crippen LogP contribution in [0.15, 0.2) is 72.5 Å². The summed E-state index contributed by atoms with van der Waals surface area (Å²) in [4.78, 5) is 12.6. The molecule has 0 unspecified atom stereocenters. The van der Waals surface area contributed by atoms with Gasteiger partial charge in [-0.3, -0.25) is 4.79 Å². The SMILES string of the molecule is Cc1cccc(C=C2Oc3cc(OCc4ccccc4C)ccc3C2=O)c1. The normalized spacial score (nSPS) is 14.1. The van der Waals surface area contributed by atoms with Gasteiger partial charge in [-0.05, 0) is 48.7 Å². The van der Waals surface area contributed by atoms with Crippen LogP contribution in [0.3, 0.4) is 0 Å². The van der Waals surface area contributed by atoms with Crippen molar-refractivity contribution in [2.75, 3.05) is 0 Å². The Kier molecular flexibility index (Phi) is 4.51. The van der Waals surface area contributed by atoms with Crippen molar-refractivity contribution in [2.24, 2.45) is 0 Å². The number of allylic oxidation sites excluding steroid dienone is 1. The maximum absolute atomic E-state index is 12.6. The van der Waals surface area contributed by atoms with Crippen molar-refractivity contribution >= 4 is 11.9 Å². The first-order valence-electron chi connectivity index (χ1n) is 8.92. The Hall–Kier alpha value is -3.33. The third-order valence-corrected chi connectivity index (χ3v) is 4.64. The number of benzene rings is 3. The second kappa shape index (κ2) is 7.12. The number of fused-ring (bicyclic) bond motifs is 1. The molecule has 3 aromatic carbocycles. The van der Waals surface area contributed by atoms with Gasteiger partial charge in [0.2, 0.25) is 5.78 Å². The van der Waals surface area contributed by atoms with Crippen molar-refractivity contribution in [3.63, 3.8) is 0 Å². The molecule has 0 amide bonds. The molecule has 0 bridgehead atoms. The van der Waals surface area contributed by atoms with Gasteiger partial charge in [-0.25, -0.2) is 0 Å². The van der Waals surface area contributed by atoms with Crippen LogP contribution in [0.1, 0.15) is 32.6 Å². The molecule has 0 atom stereocenters. The number of Topliss-reactive ketones (excluding diaryl/α,β-unsaturated/α-hetero) is 1. The van der Waals surface area contributed by atoms with Gasteiger partial charge in [-0.15, -0.1) is 0 Å². The first kappa shape index (κ1) is 17.1. The third-order valence-electron chi connectivity index (χ3n) is 4.64. The maximum Gasteiger partial charge on any atom is 0.231 e. The summed E-state index contributed by atoms with van der Waals surface area (Å²) in [6, 6.07) is 21.4. The summed E-state index contributed by atoms with van der Waals surface area (Å²) in [6.07, 6.45) is 1.78. The molecule has 0 saturated heterocycles. The number of carbonyl (C=O) groups is 1. The summed E-state index contributed by atoms with van der Waals surface area (Å²) < 4.78 is 11.7. The monoisotopic (exact) mass is 356 g/mol. The zero-order valence-electron chi connectivity index (χ0n) is 15.4. The molecule has 0 spiro atoms. The molecule has 0 radical (unpaired) electrons. The largest absolute Gasteiger partial charge is 0.489 e. The summed E-state index contributed by atoms with van der Waals surface area (Å²) in [6.45, 7) is 4.56. The van der Waals surface area contributed by atoms with Gasteiger partial charge in [0.1, 0.15) is 18.1 Å². The number of hydrogen-bond donors (Lipinski definition) is 0. The standard InChI is InChI=1S/C24H20O3/c1-16-6-5-8-18(12-16)13-23-24(25)21-11-10-20(14-22(21)27-23)26-15-19-9-4-3-7-17(19)2/h3-14H,15H2,1-2H3. The Bertz CT molecular complexity index is 1050. The maximum atomic E-state index is 12.6. The van der Waals surface area contributed by atoms with Crippen LogP contribution >= 0.6 is 0 Å². The molecule has 134 valence electrons. The molecule has 3 heteroatoms. The minimum absolute atomic E-state index is 0.100. The summed E-state index contributed by atoms with van der Waals surface area (Å²) in [5.41, 5.74) is 4.97. The van der Waals surface area contributed by atoms with E-state index in [1.807, 2.05) is 55.5 Å². The summed E-state index contributed by atoms with van der Waals surface area (Å²) in [5, 5.41) is 0. The van der Waals surface area contributed by atoms with E-state index in [-0.39, 0.29) is 5.78 Å². The Labute approximate surface area is 158 Å². The number of ether oxygens (including phenoxy) is 2. The van der Waals surface area contributed by atoms with E-state index in [4.69, 9.17) is 9.47 Å². The fraction of sp³-hybridized carbons (Fsp3) is 0.125. The first-order chi connectivity index (χ1) is 13.1. The quantitative estimate of drug-likeness (QED) is 0.579. The Morgan fingerprint density at radius 2 is 1.81 bits per heavy atom. The van der Waals surface area contributed by atoms with Crippen molar-refractivity contribution in [1.29, 1.82) is 0 Å². The molecule has 3 nitrogen and oxygen atoms in total. The molecule has 1 heterocycles. The smallest absolute Gasteiger partial charge is 0.231 e. The first-order valence-corrected chi connectivity index (χ1v) is 8.92. The van der Waals surface area contributed by atoms with Gasteiger partial charge in [0.25, 0.3) is 0 Å². The van der Waals surface area contributed by atoms with Crippen LogP contribution in [0.4, 0.5) is 0 Å². The molecule has 0 N–H and O–H groups in total. The molecule has 27 heavy (non-hydrogen) atoms. The van der Waals surface area contributed by atoms with E-state index in [2.05, 4.69) is 13.0 Å². The summed E-state index contributed by atoms with van der Waals surface area (Å²) in [5.74, 6) is 1.46. The Morgan fingerprint density at radius 1 is 0.963 bits per heavy atom. The fourth-order valence-electron chi connectivity index (χ4n) is 3.10. The van der Waals surface area contributed by atoms with E-state index in [0.29, 0.717) is 29.4 Å². The molecule has 3 aromatic rings. The highest BCUT2D eigenvalue weighted by molar-refractivity contribution is 6.14. The van der Waals surface area contributed by atoms with Crippen molar-refractivity contribution in [3.8, 4) is 11.5 Å². The molecular weight excluding hydrogens is 336 g/mol. The van der Waals surface area contributed by atoms with Crippen molar-refractivity contribution in [1.82, 2.24) is 0 Å². The number of carbonyl (C=O) groups excluding carboxylic acids is 1. The Balaban J connectivity index is 1.53. The zero-order chi connectivity index (χ0) is 18.8. The van der Waals surface area contributed by atoms with Crippen molar-refractivity contribution < 1.29 is 14.3 Å². The van der Waals surface area contributed by atoms with E-state index in [0.717, 1.165) is 16.7 Å². The Morgan fingerprint density at radius 3 is 2.63 bits per heavy atom. The average Bonchev–Trinajstić information content (AvgIpc) is 2.96. The van der Waals surface area contributed by atoms with Gasteiger partial charge < -0.3 is 9.47 Å². The van der Waals surface area contributed by atoms with Crippen molar-refractivity contribution in [2.45, 2.75) is 20.5 Å². The molecular formula is C24H20O3. The molecule has 1 aliphatic heterocycles. The van der Waals surface area contributed by atoms with Crippen LogP contribution in [-0.2, 0) is 6.61 Å². The fourth-order valence-corrected chi connectivity index (χ4v) is 3.10. The van der Waals surface area contributed by atoms with Gasteiger partial charge in [0, 0.05) is 6.07 Å². The third kappa shape index (κ3) is 3.63. The van der Waals surface area contributed by atoms with Crippen LogP contribution < -0.4 is 9.47 Å². The van der Waals surface area contributed by atoms with E-state index >= 15 is 0 Å². The molecule has 0 saturated carbocycles. The number of rotatable bonds is 4. The van der Waals surface area contributed by atoms with Crippen LogP contribution in [0.25, 0.3) is 6.08 Å². The number of ketones is 1. The second-order valence-corrected chi connectivity index (χ2v) is 6.73. The van der Waals surface area contributed by atoms with Gasteiger partial charge in [-0.2, -0.15) is 0 Å². The lowest BCUT2D eigenvalue weighted by Gasteiger charge is -2.09. The summed E-state index contributed by atoms with van der Waals surface area (Å²) in [7, 11) is 0. The lowest BCUT2D eigenvalue weighted by Crippen LogP contribution is -1.98. The number of aryl methyl sites for hydroxylation is 2. The van der Waals surface area contributed by atoms with Crippen molar-refractivity contribution in [3.05, 3.63) is 100 Å². The van der Waals surface area contributed by atoms with Crippen LogP contribution in [-0.4, -0.2) is 5.78 Å². The van der Waals surface area contributed by atoms with E-state index in [1.165, 1.54) is 5.56 Å². The van der Waals surface area contributed by atoms with E-state index in [1.54, 1.807) is 18.2 Å². The zero-order valence-corrected chi connectivity index (χ0v) is 15.4. The van der Waals surface area contributed by atoms with Gasteiger partial charge in [0.05, 0.1) is 5.56 Å². The summed E-state index contributed by atoms with van der Waals surface area (Å²) >= 11 is 0. The minimum Gasteiger partial charge on any atom is -0.489 e. The van der Waals surface area contributed by atoms with Crippen LogP contribution in [0.5, 0.6) is 11.5 Å². The molecule has 0 aromatic heterocycles. The molecule has 0 aliphatic carbocycles. The van der Waals surface area contributed by atoms with E-state index < -0.39 is 0 Å². The highest BCUT2D eigenvalue weighted by Crippen LogP contribution is 2.35. The highest BCUT2D eigenvalue weighted by Gasteiger charge is 2.27. The topological polar surface area (TPSA) is 35.5 Å². The highest BCUT2D eigenvalue weighted by atomic mass is 16.5. The average molecular weight is 356 g/mol. The van der Waals surface area contributed by atoms with Crippen LogP contribution in [0.2, 0.25) is 0 Å². The predicted octanol–water partition coefficient (Wildman–Crippen LogP) is 5.50. The lowest BCUT2D eigenvalue weighted by molar-refractivity contribution is 0.101. The minimum atomic E-state index is -0.100. The lowest BCUT2D eigenvalue weighted by atomic mass is 10.1. The number of hydrogen-bond acceptors (Lipinski definition) is 3. The van der Waals surface area contributed by atoms with E-state index in [9.17, 15) is 4.79 Å². The van der Waals surface area contributed by atoms with Gasteiger partial charge >= 0.3 is 0 Å². The molecule has 1 aliphatic rings. The second-order valence-electron chi connectivity index (χ2n) is 6.73. The predicted molar refractivity (Wildman–Crippen MR) is 106 cm³/mol. The molecule has 4 rings (SSSR count). The van der Waals surface area contributed by atoms with Gasteiger partial charge in [0.15, 0.2) is 5.76 Å². The van der Waals surface area contributed by atoms with Crippen LogP contribution in [0, 0.1) is 13.8 Å².